The monoisotopic (exact) mass is 281 g/mol. The SMILES string of the molecule is CCC(CSC)NCc1ccc2c(c1)OCCCO2. The van der Waals surface area contributed by atoms with E-state index in [2.05, 4.69) is 30.6 Å². The average Bonchev–Trinajstić information content (AvgIpc) is 2.68. The number of benzene rings is 1. The molecule has 1 N–H and O–H groups in total. The zero-order chi connectivity index (χ0) is 13.5. The summed E-state index contributed by atoms with van der Waals surface area (Å²) in [5, 5.41) is 3.59. The van der Waals surface area contributed by atoms with Gasteiger partial charge in [-0.2, -0.15) is 11.8 Å². The third-order valence-electron chi connectivity index (χ3n) is 3.27. The highest BCUT2D eigenvalue weighted by Gasteiger charge is 2.11. The normalized spacial score (nSPS) is 15.9. The van der Waals surface area contributed by atoms with Crippen LogP contribution in [0.1, 0.15) is 25.3 Å². The fourth-order valence-electron chi connectivity index (χ4n) is 2.10. The minimum Gasteiger partial charge on any atom is -0.490 e. The van der Waals surface area contributed by atoms with Gasteiger partial charge >= 0.3 is 0 Å². The van der Waals surface area contributed by atoms with Crippen molar-refractivity contribution in [1.29, 1.82) is 0 Å². The van der Waals surface area contributed by atoms with Gasteiger partial charge in [0.15, 0.2) is 11.5 Å². The first-order chi connectivity index (χ1) is 9.33. The van der Waals surface area contributed by atoms with Gasteiger partial charge in [0.25, 0.3) is 0 Å². The largest absolute Gasteiger partial charge is 0.490 e. The van der Waals surface area contributed by atoms with Crippen molar-refractivity contribution in [1.82, 2.24) is 5.32 Å². The van der Waals surface area contributed by atoms with Crippen LogP contribution in [0.15, 0.2) is 18.2 Å². The molecule has 4 heteroatoms. The second-order valence-corrected chi connectivity index (χ2v) is 5.68. The molecule has 0 spiro atoms. The lowest BCUT2D eigenvalue weighted by atomic mass is 10.1. The molecular weight excluding hydrogens is 258 g/mol. The van der Waals surface area contributed by atoms with Crippen LogP contribution >= 0.6 is 11.8 Å². The van der Waals surface area contributed by atoms with Gasteiger partial charge in [-0.15, -0.1) is 0 Å². The van der Waals surface area contributed by atoms with Crippen LogP contribution in [-0.4, -0.2) is 31.3 Å². The molecule has 1 aliphatic heterocycles. The fourth-order valence-corrected chi connectivity index (χ4v) is 2.86. The second kappa shape index (κ2) is 7.65. The van der Waals surface area contributed by atoms with Crippen molar-refractivity contribution in [3.05, 3.63) is 23.8 Å². The van der Waals surface area contributed by atoms with E-state index in [-0.39, 0.29) is 0 Å². The summed E-state index contributed by atoms with van der Waals surface area (Å²) in [5.41, 5.74) is 1.25. The van der Waals surface area contributed by atoms with Crippen molar-refractivity contribution in [2.45, 2.75) is 32.4 Å². The fraction of sp³-hybridized carbons (Fsp3) is 0.600. The lowest BCUT2D eigenvalue weighted by Crippen LogP contribution is -2.30. The zero-order valence-corrected chi connectivity index (χ0v) is 12.6. The Morgan fingerprint density at radius 3 is 2.79 bits per heavy atom. The standard InChI is InChI=1S/C15H23NO2S/c1-3-13(11-19-2)16-10-12-5-6-14-15(9-12)18-8-4-7-17-14/h5-6,9,13,16H,3-4,7-8,10-11H2,1-2H3. The molecule has 0 aromatic heterocycles. The number of nitrogens with one attached hydrogen (secondary N) is 1. The van der Waals surface area contributed by atoms with Gasteiger partial charge in [0.1, 0.15) is 0 Å². The summed E-state index contributed by atoms with van der Waals surface area (Å²) in [6.45, 7) is 4.60. The van der Waals surface area contributed by atoms with Gasteiger partial charge in [-0.1, -0.05) is 13.0 Å². The smallest absolute Gasteiger partial charge is 0.161 e. The van der Waals surface area contributed by atoms with E-state index in [1.54, 1.807) is 0 Å². The maximum absolute atomic E-state index is 5.71. The Labute approximate surface area is 120 Å². The van der Waals surface area contributed by atoms with Gasteiger partial charge in [-0.3, -0.25) is 0 Å². The molecule has 0 amide bonds. The van der Waals surface area contributed by atoms with Gasteiger partial charge in [0, 0.05) is 24.8 Å². The molecule has 2 rings (SSSR count). The number of hydrogen-bond acceptors (Lipinski definition) is 4. The zero-order valence-electron chi connectivity index (χ0n) is 11.8. The molecule has 106 valence electrons. The summed E-state index contributed by atoms with van der Waals surface area (Å²) in [7, 11) is 0. The summed E-state index contributed by atoms with van der Waals surface area (Å²) >= 11 is 1.89. The number of hydrogen-bond donors (Lipinski definition) is 1. The third-order valence-corrected chi connectivity index (χ3v) is 4.00. The molecule has 0 fully saturated rings. The number of rotatable bonds is 6. The van der Waals surface area contributed by atoms with Gasteiger partial charge < -0.3 is 14.8 Å². The van der Waals surface area contributed by atoms with Gasteiger partial charge in [-0.25, -0.2) is 0 Å². The Morgan fingerprint density at radius 1 is 1.26 bits per heavy atom. The molecular formula is C15H23NO2S. The van der Waals surface area contributed by atoms with E-state index in [4.69, 9.17) is 9.47 Å². The predicted molar refractivity (Wildman–Crippen MR) is 81.3 cm³/mol. The van der Waals surface area contributed by atoms with Crippen LogP contribution in [-0.2, 0) is 6.54 Å². The van der Waals surface area contributed by atoms with Crippen LogP contribution < -0.4 is 14.8 Å². The molecule has 0 radical (unpaired) electrons. The van der Waals surface area contributed by atoms with E-state index in [9.17, 15) is 0 Å². The minimum absolute atomic E-state index is 0.575. The maximum Gasteiger partial charge on any atom is 0.161 e. The van der Waals surface area contributed by atoms with Crippen LogP contribution in [0, 0.1) is 0 Å². The van der Waals surface area contributed by atoms with Crippen LogP contribution in [0.2, 0.25) is 0 Å². The van der Waals surface area contributed by atoms with Crippen molar-refractivity contribution in [3.8, 4) is 11.5 Å². The Morgan fingerprint density at radius 2 is 2.05 bits per heavy atom. The van der Waals surface area contributed by atoms with Crippen LogP contribution in [0.4, 0.5) is 0 Å². The Bertz CT molecular complexity index is 398. The highest BCUT2D eigenvalue weighted by Crippen LogP contribution is 2.30. The molecule has 1 atom stereocenters. The Balaban J connectivity index is 1.95. The van der Waals surface area contributed by atoms with Crippen molar-refractivity contribution in [3.63, 3.8) is 0 Å². The maximum atomic E-state index is 5.71. The minimum atomic E-state index is 0.575. The van der Waals surface area contributed by atoms with Gasteiger partial charge in [0.05, 0.1) is 13.2 Å². The summed E-state index contributed by atoms with van der Waals surface area (Å²) in [6, 6.07) is 6.81. The molecule has 1 heterocycles. The average molecular weight is 281 g/mol. The first-order valence-corrected chi connectivity index (χ1v) is 8.33. The molecule has 0 bridgehead atoms. The molecule has 1 unspecified atom stereocenters. The van der Waals surface area contributed by atoms with Gasteiger partial charge in [0.2, 0.25) is 0 Å². The molecule has 19 heavy (non-hydrogen) atoms. The Hall–Kier alpha value is -0.870. The number of thioether (sulfide) groups is 1. The molecule has 1 aromatic rings. The molecule has 1 aromatic carbocycles. The van der Waals surface area contributed by atoms with Crippen LogP contribution in [0.3, 0.4) is 0 Å². The van der Waals surface area contributed by atoms with E-state index >= 15 is 0 Å². The molecule has 0 saturated carbocycles. The summed E-state index contributed by atoms with van der Waals surface area (Å²) in [5.74, 6) is 2.91. The lowest BCUT2D eigenvalue weighted by Gasteiger charge is -2.16. The molecule has 0 aliphatic carbocycles. The third kappa shape index (κ3) is 4.32. The van der Waals surface area contributed by atoms with E-state index in [1.165, 1.54) is 5.56 Å². The molecule has 0 saturated heterocycles. The molecule has 3 nitrogen and oxygen atoms in total. The number of fused-ring (bicyclic) bond motifs is 1. The van der Waals surface area contributed by atoms with Gasteiger partial charge in [-0.05, 0) is 30.4 Å². The van der Waals surface area contributed by atoms with Crippen LogP contribution in [0.25, 0.3) is 0 Å². The highest BCUT2D eigenvalue weighted by molar-refractivity contribution is 7.98. The van der Waals surface area contributed by atoms with E-state index in [0.717, 1.165) is 49.9 Å². The number of ether oxygens (including phenoxy) is 2. The van der Waals surface area contributed by atoms with Crippen LogP contribution in [0.5, 0.6) is 11.5 Å². The lowest BCUT2D eigenvalue weighted by molar-refractivity contribution is 0.297. The summed E-state index contributed by atoms with van der Waals surface area (Å²) in [4.78, 5) is 0. The first-order valence-electron chi connectivity index (χ1n) is 6.94. The topological polar surface area (TPSA) is 30.5 Å². The quantitative estimate of drug-likeness (QED) is 0.868. The van der Waals surface area contributed by atoms with E-state index < -0.39 is 0 Å². The first kappa shape index (κ1) is 14.5. The highest BCUT2D eigenvalue weighted by atomic mass is 32.2. The Kier molecular flexibility index (Phi) is 5.86. The van der Waals surface area contributed by atoms with Crippen molar-refractivity contribution in [2.24, 2.45) is 0 Å². The van der Waals surface area contributed by atoms with E-state index in [0.29, 0.717) is 6.04 Å². The van der Waals surface area contributed by atoms with Crippen molar-refractivity contribution >= 4 is 11.8 Å². The summed E-state index contributed by atoms with van der Waals surface area (Å²) < 4.78 is 11.4. The van der Waals surface area contributed by atoms with Crippen molar-refractivity contribution in [2.75, 3.05) is 25.2 Å². The summed E-state index contributed by atoms with van der Waals surface area (Å²) in [6.07, 6.45) is 4.26. The van der Waals surface area contributed by atoms with Crippen molar-refractivity contribution < 1.29 is 9.47 Å². The molecule has 1 aliphatic rings. The predicted octanol–water partition coefficient (Wildman–Crippen LogP) is 3.08. The second-order valence-electron chi connectivity index (χ2n) is 4.77. The van der Waals surface area contributed by atoms with E-state index in [1.807, 2.05) is 17.8 Å².